The minimum atomic E-state index is 0.169. The zero-order valence-corrected chi connectivity index (χ0v) is 11.8. The second-order valence-corrected chi connectivity index (χ2v) is 6.07. The Morgan fingerprint density at radius 3 is 2.50 bits per heavy atom. The van der Waals surface area contributed by atoms with Crippen molar-refractivity contribution < 1.29 is 5.21 Å². The summed E-state index contributed by atoms with van der Waals surface area (Å²) in [4.78, 5) is 2.49. The third-order valence-electron chi connectivity index (χ3n) is 4.93. The van der Waals surface area contributed by atoms with Crippen molar-refractivity contribution in [3.63, 3.8) is 0 Å². The van der Waals surface area contributed by atoms with Crippen molar-refractivity contribution in [1.29, 1.82) is 0 Å². The molecule has 1 saturated carbocycles. The Bertz CT molecular complexity index is 483. The van der Waals surface area contributed by atoms with Gasteiger partial charge in [-0.1, -0.05) is 24.4 Å². The summed E-state index contributed by atoms with van der Waals surface area (Å²) in [5, 5.41) is 11.7. The lowest BCUT2D eigenvalue weighted by Crippen LogP contribution is -2.41. The van der Waals surface area contributed by atoms with Gasteiger partial charge in [-0.2, -0.15) is 0 Å². The number of fused-ring (bicyclic) bond motifs is 1. The van der Waals surface area contributed by atoms with E-state index in [1.807, 2.05) is 12.1 Å². The summed E-state index contributed by atoms with van der Waals surface area (Å²) < 4.78 is 0. The van der Waals surface area contributed by atoms with Crippen molar-refractivity contribution in [2.24, 2.45) is 22.7 Å². The molecule has 2 fully saturated rings. The predicted molar refractivity (Wildman–Crippen MR) is 81.2 cm³/mol. The van der Waals surface area contributed by atoms with Gasteiger partial charge in [0.2, 0.25) is 0 Å². The maximum absolute atomic E-state index is 8.69. The van der Waals surface area contributed by atoms with Gasteiger partial charge in [0.25, 0.3) is 0 Å². The van der Waals surface area contributed by atoms with Gasteiger partial charge in [0, 0.05) is 24.3 Å². The van der Waals surface area contributed by atoms with Crippen LogP contribution < -0.4 is 10.6 Å². The van der Waals surface area contributed by atoms with Crippen LogP contribution in [0.1, 0.15) is 37.7 Å². The van der Waals surface area contributed by atoms with Gasteiger partial charge >= 0.3 is 0 Å². The molecule has 0 bridgehead atoms. The first-order valence-electron chi connectivity index (χ1n) is 7.61. The van der Waals surface area contributed by atoms with E-state index in [-0.39, 0.29) is 5.84 Å². The molecule has 1 heterocycles. The maximum atomic E-state index is 8.69. The van der Waals surface area contributed by atoms with Crippen LogP contribution in [0, 0.1) is 11.8 Å². The van der Waals surface area contributed by atoms with E-state index < -0.39 is 0 Å². The molecule has 0 amide bonds. The van der Waals surface area contributed by atoms with Gasteiger partial charge in [0.1, 0.15) is 0 Å². The second-order valence-electron chi connectivity index (χ2n) is 6.07. The van der Waals surface area contributed by atoms with Crippen LogP contribution in [-0.2, 0) is 0 Å². The molecule has 2 atom stereocenters. The summed E-state index contributed by atoms with van der Waals surface area (Å²) >= 11 is 0. The van der Waals surface area contributed by atoms with E-state index in [9.17, 15) is 0 Å². The number of nitrogens with two attached hydrogens (primary N) is 1. The van der Waals surface area contributed by atoms with Crippen molar-refractivity contribution >= 4 is 11.5 Å². The first kappa shape index (κ1) is 13.3. The van der Waals surface area contributed by atoms with E-state index in [2.05, 4.69) is 22.2 Å². The highest BCUT2D eigenvalue weighted by Crippen LogP contribution is 2.37. The lowest BCUT2D eigenvalue weighted by Gasteiger charge is -2.42. The topological polar surface area (TPSA) is 61.9 Å². The molecular formula is C16H23N3O. The average molecular weight is 273 g/mol. The van der Waals surface area contributed by atoms with E-state index in [1.54, 1.807) is 0 Å². The molecule has 3 N–H and O–H groups in total. The number of oxime groups is 1. The van der Waals surface area contributed by atoms with Gasteiger partial charge < -0.3 is 15.8 Å². The normalized spacial score (nSPS) is 27.2. The monoisotopic (exact) mass is 273 g/mol. The van der Waals surface area contributed by atoms with Gasteiger partial charge in [-0.15, -0.1) is 0 Å². The molecule has 1 aromatic rings. The Hall–Kier alpha value is -1.71. The fourth-order valence-corrected chi connectivity index (χ4v) is 3.74. The lowest BCUT2D eigenvalue weighted by atomic mass is 9.75. The number of amidine groups is 1. The molecule has 0 aromatic heterocycles. The molecule has 20 heavy (non-hydrogen) atoms. The Morgan fingerprint density at radius 1 is 1.10 bits per heavy atom. The Balaban J connectivity index is 1.70. The van der Waals surface area contributed by atoms with Crippen LogP contribution in [0.15, 0.2) is 29.4 Å². The number of benzene rings is 1. The molecule has 0 spiro atoms. The highest BCUT2D eigenvalue weighted by atomic mass is 16.4. The van der Waals surface area contributed by atoms with Gasteiger partial charge in [-0.05, 0) is 48.9 Å². The van der Waals surface area contributed by atoms with E-state index in [0.29, 0.717) is 0 Å². The number of rotatable bonds is 2. The molecule has 2 unspecified atom stereocenters. The van der Waals surface area contributed by atoms with E-state index in [1.165, 1.54) is 44.3 Å². The van der Waals surface area contributed by atoms with Crippen LogP contribution in [0.2, 0.25) is 0 Å². The number of nitrogens with zero attached hydrogens (tertiary/aromatic N) is 2. The minimum absolute atomic E-state index is 0.169. The summed E-state index contributed by atoms with van der Waals surface area (Å²) in [6.45, 7) is 2.34. The molecule has 1 aliphatic carbocycles. The molecule has 1 aliphatic heterocycles. The van der Waals surface area contributed by atoms with Crippen LogP contribution in [0.25, 0.3) is 0 Å². The largest absolute Gasteiger partial charge is 0.409 e. The average Bonchev–Trinajstić information content (AvgIpc) is 2.54. The van der Waals surface area contributed by atoms with Crippen molar-refractivity contribution in [3.05, 3.63) is 29.8 Å². The summed E-state index contributed by atoms with van der Waals surface area (Å²) in [6.07, 6.45) is 6.98. The molecular weight excluding hydrogens is 250 g/mol. The van der Waals surface area contributed by atoms with Crippen LogP contribution in [0.3, 0.4) is 0 Å². The number of hydrogen-bond donors (Lipinski definition) is 2. The Labute approximate surface area is 120 Å². The smallest absolute Gasteiger partial charge is 0.170 e. The molecule has 1 saturated heterocycles. The first-order valence-corrected chi connectivity index (χ1v) is 7.61. The van der Waals surface area contributed by atoms with Gasteiger partial charge in [-0.3, -0.25) is 0 Å². The fraction of sp³-hybridized carbons (Fsp3) is 0.562. The fourth-order valence-electron chi connectivity index (χ4n) is 3.74. The third kappa shape index (κ3) is 2.60. The second kappa shape index (κ2) is 5.73. The number of piperidine rings is 1. The summed E-state index contributed by atoms with van der Waals surface area (Å²) in [5.74, 6) is 2.00. The zero-order valence-electron chi connectivity index (χ0n) is 11.8. The minimum Gasteiger partial charge on any atom is -0.409 e. The lowest BCUT2D eigenvalue weighted by molar-refractivity contribution is 0.202. The maximum Gasteiger partial charge on any atom is 0.170 e. The van der Waals surface area contributed by atoms with E-state index in [4.69, 9.17) is 10.9 Å². The number of hydrogen-bond acceptors (Lipinski definition) is 3. The Kier molecular flexibility index (Phi) is 3.81. The summed E-state index contributed by atoms with van der Waals surface area (Å²) in [7, 11) is 0. The highest BCUT2D eigenvalue weighted by Gasteiger charge is 2.31. The standard InChI is InChI=1S/C16H23N3O/c17-16(18-20)13-5-7-15(8-6-13)19-10-9-12-3-1-2-4-14(12)11-19/h5-8,12,14,20H,1-4,9-11H2,(H2,17,18). The van der Waals surface area contributed by atoms with Crippen molar-refractivity contribution in [3.8, 4) is 0 Å². The Morgan fingerprint density at radius 2 is 1.80 bits per heavy atom. The summed E-state index contributed by atoms with van der Waals surface area (Å²) in [5.41, 5.74) is 7.62. The first-order chi connectivity index (χ1) is 9.78. The molecule has 1 aromatic carbocycles. The van der Waals surface area contributed by atoms with Crippen molar-refractivity contribution in [2.45, 2.75) is 32.1 Å². The van der Waals surface area contributed by atoms with Crippen LogP contribution in [0.4, 0.5) is 5.69 Å². The molecule has 0 radical (unpaired) electrons. The molecule has 3 rings (SSSR count). The molecule has 108 valence electrons. The summed E-state index contributed by atoms with van der Waals surface area (Å²) in [6, 6.07) is 8.02. The van der Waals surface area contributed by atoms with Gasteiger partial charge in [0.15, 0.2) is 5.84 Å². The molecule has 2 aliphatic rings. The van der Waals surface area contributed by atoms with Gasteiger partial charge in [0.05, 0.1) is 0 Å². The third-order valence-corrected chi connectivity index (χ3v) is 4.93. The van der Waals surface area contributed by atoms with E-state index in [0.717, 1.165) is 23.9 Å². The predicted octanol–water partition coefficient (Wildman–Crippen LogP) is 2.80. The molecule has 4 heteroatoms. The molecule has 4 nitrogen and oxygen atoms in total. The zero-order chi connectivity index (χ0) is 13.9. The van der Waals surface area contributed by atoms with Crippen LogP contribution in [0.5, 0.6) is 0 Å². The van der Waals surface area contributed by atoms with E-state index >= 15 is 0 Å². The quantitative estimate of drug-likeness (QED) is 0.377. The number of anilines is 1. The van der Waals surface area contributed by atoms with Crippen molar-refractivity contribution in [1.82, 2.24) is 0 Å². The van der Waals surface area contributed by atoms with Crippen molar-refractivity contribution in [2.75, 3.05) is 18.0 Å². The van der Waals surface area contributed by atoms with Gasteiger partial charge in [-0.25, -0.2) is 0 Å². The SMILES string of the molecule is N/C(=N\O)c1ccc(N2CCC3CCCCC3C2)cc1. The highest BCUT2D eigenvalue weighted by molar-refractivity contribution is 5.97. The van der Waals surface area contributed by atoms with Crippen LogP contribution >= 0.6 is 0 Å². The van der Waals surface area contributed by atoms with Crippen LogP contribution in [-0.4, -0.2) is 24.1 Å².